The Kier molecular flexibility index (Phi) is 6.48. The molecule has 12 heteroatoms. The number of anilines is 1. The Morgan fingerprint density at radius 3 is 2.05 bits per heavy atom. The Bertz CT molecular complexity index is 1950. The molecule has 5 N–H and O–H groups in total. The molecule has 5 aromatic rings. The van der Waals surface area contributed by atoms with Gasteiger partial charge >= 0.3 is 5.97 Å². The van der Waals surface area contributed by atoms with Gasteiger partial charge in [-0.1, -0.05) is 36.4 Å². The van der Waals surface area contributed by atoms with Gasteiger partial charge in [0.05, 0.1) is 22.6 Å². The van der Waals surface area contributed by atoms with Crippen LogP contribution in [0.2, 0.25) is 0 Å². The van der Waals surface area contributed by atoms with E-state index in [-0.39, 0.29) is 10.9 Å². The molecule has 0 atom stereocenters. The number of carboxylic acids is 1. The quantitative estimate of drug-likeness (QED) is 0.101. The van der Waals surface area contributed by atoms with Crippen LogP contribution in [-0.4, -0.2) is 29.2 Å². The van der Waals surface area contributed by atoms with Crippen LogP contribution >= 0.6 is 0 Å². The number of nitrogens with two attached hydrogens (primary N) is 1. The number of carboxylic acid groups (broad SMARTS) is 1. The fraction of sp³-hybridized carbons (Fsp3) is 0. The first-order chi connectivity index (χ1) is 18.6. The van der Waals surface area contributed by atoms with Gasteiger partial charge in [-0.3, -0.25) is 4.55 Å². The number of aromatic carboxylic acids is 1. The minimum Gasteiger partial charge on any atom is -0.505 e. The molecule has 5 rings (SSSR count). The van der Waals surface area contributed by atoms with Crippen molar-refractivity contribution in [3.8, 4) is 5.75 Å². The van der Waals surface area contributed by atoms with E-state index in [0.717, 1.165) is 0 Å². The van der Waals surface area contributed by atoms with Gasteiger partial charge in [0, 0.05) is 21.8 Å². The van der Waals surface area contributed by atoms with Crippen LogP contribution in [0.1, 0.15) is 10.4 Å². The molecule has 0 aliphatic rings. The second kappa shape index (κ2) is 9.93. The van der Waals surface area contributed by atoms with Crippen LogP contribution in [0.4, 0.5) is 28.4 Å². The highest BCUT2D eigenvalue weighted by atomic mass is 32.2. The maximum Gasteiger partial charge on any atom is 0.335 e. The van der Waals surface area contributed by atoms with Crippen LogP contribution in [0.5, 0.6) is 5.75 Å². The highest BCUT2D eigenvalue weighted by Gasteiger charge is 2.22. The molecule has 0 aliphatic carbocycles. The van der Waals surface area contributed by atoms with Gasteiger partial charge in [-0.05, 0) is 53.9 Å². The number of nitrogen functional groups attached to an aromatic ring is 1. The highest BCUT2D eigenvalue weighted by molar-refractivity contribution is 7.86. The first kappa shape index (κ1) is 25.4. The molecule has 0 aliphatic heterocycles. The predicted octanol–water partition coefficient (Wildman–Crippen LogP) is 7.06. The molecule has 0 heterocycles. The molecule has 0 fully saturated rings. The molecule has 0 saturated carbocycles. The molecule has 0 spiro atoms. The number of rotatable bonds is 6. The van der Waals surface area contributed by atoms with Crippen molar-refractivity contribution in [1.82, 2.24) is 0 Å². The summed E-state index contributed by atoms with van der Waals surface area (Å²) >= 11 is 0. The molecule has 0 bridgehead atoms. The number of azo groups is 2. The highest BCUT2D eigenvalue weighted by Crippen LogP contribution is 2.43. The van der Waals surface area contributed by atoms with Gasteiger partial charge in [-0.15, -0.1) is 15.3 Å². The lowest BCUT2D eigenvalue weighted by Gasteiger charge is -2.09. The van der Waals surface area contributed by atoms with Crippen LogP contribution in [0.15, 0.2) is 110 Å². The topological polar surface area (TPSA) is 187 Å². The molecule has 0 aromatic heterocycles. The average Bonchev–Trinajstić information content (AvgIpc) is 2.91. The van der Waals surface area contributed by atoms with Gasteiger partial charge in [0.25, 0.3) is 10.1 Å². The van der Waals surface area contributed by atoms with Crippen LogP contribution < -0.4 is 5.73 Å². The van der Waals surface area contributed by atoms with E-state index in [1.54, 1.807) is 48.5 Å². The van der Waals surface area contributed by atoms with Gasteiger partial charge in [0.15, 0.2) is 5.75 Å². The Morgan fingerprint density at radius 1 is 0.744 bits per heavy atom. The number of nitrogens with zero attached hydrogens (tertiary/aromatic N) is 4. The summed E-state index contributed by atoms with van der Waals surface area (Å²) in [5.41, 5.74) is 6.94. The zero-order valence-corrected chi connectivity index (χ0v) is 20.7. The maximum absolute atomic E-state index is 12.1. The molecular weight excluding hydrogens is 522 g/mol. The lowest BCUT2D eigenvalue weighted by atomic mass is 10.1. The summed E-state index contributed by atoms with van der Waals surface area (Å²) in [4.78, 5) is 10.6. The lowest BCUT2D eigenvalue weighted by Crippen LogP contribution is -1.99. The third-order valence-electron chi connectivity index (χ3n) is 5.86. The second-order valence-electron chi connectivity index (χ2n) is 8.43. The van der Waals surface area contributed by atoms with Crippen molar-refractivity contribution in [3.05, 3.63) is 90.5 Å². The molecule has 0 saturated heterocycles. The summed E-state index contributed by atoms with van der Waals surface area (Å²) in [5, 5.41) is 38.4. The van der Waals surface area contributed by atoms with Crippen LogP contribution in [0.25, 0.3) is 21.5 Å². The number of phenolic OH excluding ortho intramolecular Hbond substituents is 1. The lowest BCUT2D eigenvalue weighted by molar-refractivity contribution is 0.0697. The summed E-state index contributed by atoms with van der Waals surface area (Å²) < 4.78 is 34.0. The molecule has 0 unspecified atom stereocenters. The van der Waals surface area contributed by atoms with Gasteiger partial charge in [-0.25, -0.2) is 4.79 Å². The van der Waals surface area contributed by atoms with Crippen LogP contribution in [0, 0.1) is 0 Å². The summed E-state index contributed by atoms with van der Waals surface area (Å²) in [6, 6.07) is 22.0. The largest absolute Gasteiger partial charge is 0.505 e. The SMILES string of the molecule is Nc1ccc2cc(S(=O)(=O)O)c(N=Nc3ccc(N=Nc4cccc(C(=O)O)c4)c4ccccc34)c(O)c2c1. The van der Waals surface area contributed by atoms with E-state index in [0.29, 0.717) is 38.9 Å². The fourth-order valence-corrected chi connectivity index (χ4v) is 4.67. The van der Waals surface area contributed by atoms with E-state index in [2.05, 4.69) is 20.5 Å². The van der Waals surface area contributed by atoms with Gasteiger partial charge in [0.2, 0.25) is 0 Å². The van der Waals surface area contributed by atoms with Crippen molar-refractivity contribution in [3.63, 3.8) is 0 Å². The molecule has 194 valence electrons. The van der Waals surface area contributed by atoms with Crippen LogP contribution in [0.3, 0.4) is 0 Å². The third kappa shape index (κ3) is 5.14. The Hall–Kier alpha value is -5.20. The second-order valence-corrected chi connectivity index (χ2v) is 9.82. The molecular formula is C27H19N5O6S. The van der Waals surface area contributed by atoms with Gasteiger partial charge in [-0.2, -0.15) is 13.5 Å². The van der Waals surface area contributed by atoms with E-state index in [4.69, 9.17) is 5.73 Å². The van der Waals surface area contributed by atoms with Crippen molar-refractivity contribution in [1.29, 1.82) is 0 Å². The third-order valence-corrected chi connectivity index (χ3v) is 6.72. The van der Waals surface area contributed by atoms with Crippen molar-refractivity contribution in [2.24, 2.45) is 20.5 Å². The zero-order valence-electron chi connectivity index (χ0n) is 19.9. The minimum atomic E-state index is -4.76. The minimum absolute atomic E-state index is 0.0796. The number of fused-ring (bicyclic) bond motifs is 2. The average molecular weight is 542 g/mol. The van der Waals surface area contributed by atoms with E-state index >= 15 is 0 Å². The summed E-state index contributed by atoms with van der Waals surface area (Å²) in [6.07, 6.45) is 0. The van der Waals surface area contributed by atoms with Crippen molar-refractivity contribution < 1.29 is 28.0 Å². The van der Waals surface area contributed by atoms with Crippen molar-refractivity contribution in [2.75, 3.05) is 5.73 Å². The Morgan fingerprint density at radius 2 is 1.41 bits per heavy atom. The molecule has 11 nitrogen and oxygen atoms in total. The van der Waals surface area contributed by atoms with E-state index in [1.165, 1.54) is 36.4 Å². The van der Waals surface area contributed by atoms with Gasteiger partial charge < -0.3 is 15.9 Å². The van der Waals surface area contributed by atoms with Crippen LogP contribution in [-0.2, 0) is 10.1 Å². The Balaban J connectivity index is 1.59. The molecule has 0 amide bonds. The zero-order chi connectivity index (χ0) is 27.7. The first-order valence-corrected chi connectivity index (χ1v) is 12.8. The molecule has 5 aromatic carbocycles. The molecule has 0 radical (unpaired) electrons. The van der Waals surface area contributed by atoms with Crippen molar-refractivity contribution >= 4 is 66.1 Å². The smallest absolute Gasteiger partial charge is 0.335 e. The van der Waals surface area contributed by atoms with E-state index in [9.17, 15) is 28.0 Å². The van der Waals surface area contributed by atoms with Gasteiger partial charge in [0.1, 0.15) is 10.6 Å². The summed E-state index contributed by atoms with van der Waals surface area (Å²) in [5.74, 6) is -1.58. The maximum atomic E-state index is 12.1. The summed E-state index contributed by atoms with van der Waals surface area (Å²) in [6.45, 7) is 0. The first-order valence-electron chi connectivity index (χ1n) is 11.3. The monoisotopic (exact) mass is 541 g/mol. The van der Waals surface area contributed by atoms with E-state index in [1.807, 2.05) is 0 Å². The molecule has 39 heavy (non-hydrogen) atoms. The Labute approximate surface area is 221 Å². The van der Waals surface area contributed by atoms with Crippen molar-refractivity contribution in [2.45, 2.75) is 4.90 Å². The standard InChI is InChI=1S/C27H19N5O6S/c28-17-9-8-15-13-24(39(36,37)38)25(26(33)21(15)14-17)32-31-23-11-10-22(19-6-1-2-7-20(19)23)30-29-18-5-3-4-16(12-18)27(34)35/h1-14,33H,28H2,(H,34,35)(H,36,37,38). The summed E-state index contributed by atoms with van der Waals surface area (Å²) in [7, 11) is -4.76. The number of aromatic hydroxyl groups is 1. The number of carbonyl (C=O) groups is 1. The number of phenols is 1. The predicted molar refractivity (Wildman–Crippen MR) is 146 cm³/mol. The number of hydrogen-bond donors (Lipinski definition) is 4. The fourth-order valence-electron chi connectivity index (χ4n) is 4.01. The number of benzene rings is 5. The normalized spacial score (nSPS) is 12.1. The van der Waals surface area contributed by atoms with E-state index < -0.39 is 32.4 Å². The number of hydrogen-bond acceptors (Lipinski definition) is 9.